The summed E-state index contributed by atoms with van der Waals surface area (Å²) in [6.07, 6.45) is 32.1. The zero-order valence-electron chi connectivity index (χ0n) is 25.3. The summed E-state index contributed by atoms with van der Waals surface area (Å²) in [6, 6.07) is 0. The van der Waals surface area contributed by atoms with Gasteiger partial charge in [0.2, 0.25) is 0 Å². The molecule has 0 saturated carbocycles. The molecule has 37 heavy (non-hydrogen) atoms. The molecule has 0 unspecified atom stereocenters. The lowest BCUT2D eigenvalue weighted by atomic mass is 10.1. The lowest BCUT2D eigenvalue weighted by Gasteiger charge is -2.21. The molecule has 0 atom stereocenters. The molecule has 0 bridgehead atoms. The van der Waals surface area contributed by atoms with Gasteiger partial charge in [-0.1, -0.05) is 90.0 Å². The topological polar surface area (TPSA) is 41.9 Å². The largest absolute Gasteiger partial charge is 0.395 e. The van der Waals surface area contributed by atoms with E-state index in [0.29, 0.717) is 0 Å². The number of aliphatic hydroxyl groups excluding tert-OH is 1. The molecule has 4 nitrogen and oxygen atoms in total. The van der Waals surface area contributed by atoms with Crippen LogP contribution in [0.4, 0.5) is 0 Å². The van der Waals surface area contributed by atoms with Crippen LogP contribution in [0.15, 0.2) is 24.3 Å². The smallest absolute Gasteiger partial charge is 0.157 e. The zero-order chi connectivity index (χ0) is 27.1. The molecule has 0 saturated heterocycles. The lowest BCUT2D eigenvalue weighted by Crippen LogP contribution is -2.29. The zero-order valence-corrected chi connectivity index (χ0v) is 25.3. The second-order valence-corrected chi connectivity index (χ2v) is 10.5. The Labute approximate surface area is 232 Å². The normalized spacial score (nSPS) is 12.3. The third kappa shape index (κ3) is 28.2. The fraction of sp³-hybridized carbons (Fsp3) is 0.879. The summed E-state index contributed by atoms with van der Waals surface area (Å²) < 4.78 is 12.3. The van der Waals surface area contributed by atoms with Crippen LogP contribution < -0.4 is 0 Å². The number of rotatable bonds is 30. The molecule has 0 heterocycles. The molecular formula is C33H65NO3. The van der Waals surface area contributed by atoms with E-state index in [1.807, 2.05) is 0 Å². The predicted octanol–water partition coefficient (Wildman–Crippen LogP) is 9.22. The van der Waals surface area contributed by atoms with E-state index in [0.717, 1.165) is 77.8 Å². The molecule has 0 spiro atoms. The first kappa shape index (κ1) is 36.3. The molecule has 0 aliphatic rings. The van der Waals surface area contributed by atoms with Gasteiger partial charge < -0.3 is 19.5 Å². The van der Waals surface area contributed by atoms with Crippen molar-refractivity contribution in [2.45, 2.75) is 149 Å². The van der Waals surface area contributed by atoms with Crippen molar-refractivity contribution in [2.75, 3.05) is 39.5 Å². The third-order valence-corrected chi connectivity index (χ3v) is 6.85. The average molecular weight is 524 g/mol. The second kappa shape index (κ2) is 31.5. The van der Waals surface area contributed by atoms with Gasteiger partial charge in [-0.05, 0) is 90.1 Å². The quantitative estimate of drug-likeness (QED) is 0.0579. The van der Waals surface area contributed by atoms with Gasteiger partial charge in [-0.3, -0.25) is 0 Å². The molecule has 0 aromatic heterocycles. The van der Waals surface area contributed by atoms with Gasteiger partial charge in [-0.15, -0.1) is 0 Å². The maximum atomic E-state index is 9.38. The van der Waals surface area contributed by atoms with Gasteiger partial charge in [0.1, 0.15) is 0 Å². The Morgan fingerprint density at radius 1 is 0.568 bits per heavy atom. The molecule has 0 aliphatic carbocycles. The van der Waals surface area contributed by atoms with E-state index in [1.54, 1.807) is 0 Å². The van der Waals surface area contributed by atoms with Crippen molar-refractivity contribution in [3.8, 4) is 0 Å². The van der Waals surface area contributed by atoms with Crippen LogP contribution in [0.2, 0.25) is 0 Å². The molecule has 4 heteroatoms. The summed E-state index contributed by atoms with van der Waals surface area (Å²) in [4.78, 5) is 2.46. The number of hydrogen-bond acceptors (Lipinski definition) is 4. The van der Waals surface area contributed by atoms with Crippen molar-refractivity contribution in [1.82, 2.24) is 4.90 Å². The van der Waals surface area contributed by atoms with Crippen molar-refractivity contribution in [2.24, 2.45) is 0 Å². The minimum atomic E-state index is -0.0369. The number of nitrogens with zero attached hydrogens (tertiary/aromatic N) is 1. The maximum Gasteiger partial charge on any atom is 0.157 e. The first-order valence-corrected chi connectivity index (χ1v) is 16.1. The van der Waals surface area contributed by atoms with E-state index < -0.39 is 0 Å². The Morgan fingerprint density at radius 2 is 1.08 bits per heavy atom. The Kier molecular flexibility index (Phi) is 31.0. The fourth-order valence-corrected chi connectivity index (χ4v) is 4.53. The molecule has 0 fully saturated rings. The van der Waals surface area contributed by atoms with Crippen LogP contribution in [0.25, 0.3) is 0 Å². The summed E-state index contributed by atoms with van der Waals surface area (Å²) >= 11 is 0. The molecular weight excluding hydrogens is 458 g/mol. The number of unbranched alkanes of at least 4 members (excludes halogenated alkanes) is 12. The van der Waals surface area contributed by atoms with Crippen LogP contribution in [0.3, 0.4) is 0 Å². The maximum absolute atomic E-state index is 9.38. The van der Waals surface area contributed by atoms with E-state index in [-0.39, 0.29) is 12.9 Å². The Balaban J connectivity index is 4.06. The summed E-state index contributed by atoms with van der Waals surface area (Å²) in [6.45, 7) is 11.6. The molecule has 0 aliphatic heterocycles. The van der Waals surface area contributed by atoms with Crippen molar-refractivity contribution in [3.05, 3.63) is 24.3 Å². The van der Waals surface area contributed by atoms with Gasteiger partial charge in [-0.25, -0.2) is 0 Å². The summed E-state index contributed by atoms with van der Waals surface area (Å²) in [5, 5.41) is 9.38. The minimum absolute atomic E-state index is 0.0369. The minimum Gasteiger partial charge on any atom is -0.395 e. The van der Waals surface area contributed by atoms with Crippen LogP contribution in [0, 0.1) is 0 Å². The van der Waals surface area contributed by atoms with Gasteiger partial charge >= 0.3 is 0 Å². The van der Waals surface area contributed by atoms with Crippen LogP contribution in [0.1, 0.15) is 143 Å². The number of hydrogen-bond donors (Lipinski definition) is 1. The highest BCUT2D eigenvalue weighted by molar-refractivity contribution is 4.80. The SMILES string of the molecule is CC/C=C\CCCCOC(CCCCCCCN(CCO)CCCCCCC)OCCCC/C=C\CC. The number of ether oxygens (including phenoxy) is 2. The van der Waals surface area contributed by atoms with Crippen LogP contribution >= 0.6 is 0 Å². The van der Waals surface area contributed by atoms with E-state index >= 15 is 0 Å². The van der Waals surface area contributed by atoms with Gasteiger partial charge in [0.15, 0.2) is 6.29 Å². The van der Waals surface area contributed by atoms with E-state index in [4.69, 9.17) is 9.47 Å². The summed E-state index contributed by atoms with van der Waals surface area (Å²) in [5.74, 6) is 0. The average Bonchev–Trinajstić information content (AvgIpc) is 2.90. The lowest BCUT2D eigenvalue weighted by molar-refractivity contribution is -0.147. The van der Waals surface area contributed by atoms with Gasteiger partial charge in [-0.2, -0.15) is 0 Å². The first-order chi connectivity index (χ1) is 18.3. The molecule has 0 radical (unpaired) electrons. The van der Waals surface area contributed by atoms with Crippen LogP contribution in [-0.2, 0) is 9.47 Å². The highest BCUT2D eigenvalue weighted by Gasteiger charge is 2.09. The van der Waals surface area contributed by atoms with Crippen molar-refractivity contribution in [1.29, 1.82) is 0 Å². The molecule has 0 aromatic rings. The number of aliphatic hydroxyl groups is 1. The van der Waals surface area contributed by atoms with E-state index in [2.05, 4.69) is 50.0 Å². The van der Waals surface area contributed by atoms with Crippen LogP contribution in [-0.4, -0.2) is 55.8 Å². The van der Waals surface area contributed by atoms with Gasteiger partial charge in [0, 0.05) is 19.8 Å². The molecule has 0 amide bonds. The monoisotopic (exact) mass is 523 g/mol. The van der Waals surface area contributed by atoms with Crippen molar-refractivity contribution < 1.29 is 14.6 Å². The Bertz CT molecular complexity index is 456. The van der Waals surface area contributed by atoms with Gasteiger partial charge in [0.25, 0.3) is 0 Å². The third-order valence-electron chi connectivity index (χ3n) is 6.85. The van der Waals surface area contributed by atoms with Crippen molar-refractivity contribution >= 4 is 0 Å². The van der Waals surface area contributed by atoms with E-state index in [1.165, 1.54) is 77.0 Å². The standard InChI is InChI=1S/C33H65NO3/c1-4-7-10-13-19-24-31-36-33(37-32-25-20-14-11-8-5-2)26-21-16-15-18-23-28-34(29-30-35)27-22-17-12-9-6-3/h7-8,10-11,33,35H,4-6,9,12-32H2,1-3H3/b10-7-,11-8-. The van der Waals surface area contributed by atoms with Crippen molar-refractivity contribution in [3.63, 3.8) is 0 Å². The molecule has 220 valence electrons. The van der Waals surface area contributed by atoms with E-state index in [9.17, 15) is 5.11 Å². The fourth-order valence-electron chi connectivity index (χ4n) is 4.53. The Hall–Kier alpha value is -0.680. The highest BCUT2D eigenvalue weighted by atomic mass is 16.7. The summed E-state index contributed by atoms with van der Waals surface area (Å²) in [5.41, 5.74) is 0. The van der Waals surface area contributed by atoms with Gasteiger partial charge in [0.05, 0.1) is 6.61 Å². The molecule has 0 aromatic carbocycles. The highest BCUT2D eigenvalue weighted by Crippen LogP contribution is 2.13. The summed E-state index contributed by atoms with van der Waals surface area (Å²) in [7, 11) is 0. The first-order valence-electron chi connectivity index (χ1n) is 16.1. The number of allylic oxidation sites excluding steroid dienone is 4. The molecule has 0 rings (SSSR count). The second-order valence-electron chi connectivity index (χ2n) is 10.5. The Morgan fingerprint density at radius 3 is 1.59 bits per heavy atom. The molecule has 1 N–H and O–H groups in total. The predicted molar refractivity (Wildman–Crippen MR) is 162 cm³/mol. The van der Waals surface area contributed by atoms with Crippen LogP contribution in [0.5, 0.6) is 0 Å².